The molecule has 0 saturated heterocycles. The number of aromatic nitrogens is 2. The van der Waals surface area contributed by atoms with Crippen LogP contribution >= 0.6 is 39.1 Å². The summed E-state index contributed by atoms with van der Waals surface area (Å²) in [6, 6.07) is 18.3. The van der Waals surface area contributed by atoms with Gasteiger partial charge < -0.3 is 4.57 Å². The summed E-state index contributed by atoms with van der Waals surface area (Å²) in [4.78, 5) is 15.7. The fourth-order valence-electron chi connectivity index (χ4n) is 3.37. The van der Waals surface area contributed by atoms with Crippen LogP contribution in [0.4, 0.5) is 5.69 Å². The smallest absolute Gasteiger partial charge is 0.272 e. The Bertz CT molecular complexity index is 1290. The van der Waals surface area contributed by atoms with Gasteiger partial charge in [0.15, 0.2) is 0 Å². The van der Waals surface area contributed by atoms with Crippen molar-refractivity contribution in [3.8, 4) is 16.9 Å². The average molecular weight is 517 g/mol. The van der Waals surface area contributed by atoms with Gasteiger partial charge in [-0.15, -0.1) is 0 Å². The molecule has 0 radical (unpaired) electrons. The maximum Gasteiger partial charge on any atom is 0.272 e. The van der Waals surface area contributed by atoms with E-state index in [0.717, 1.165) is 27.1 Å². The highest BCUT2D eigenvalue weighted by Gasteiger charge is 2.17. The van der Waals surface area contributed by atoms with E-state index in [9.17, 15) is 10.1 Å². The van der Waals surface area contributed by atoms with Crippen LogP contribution in [0.2, 0.25) is 10.0 Å². The zero-order valence-corrected chi connectivity index (χ0v) is 19.4. The Morgan fingerprint density at radius 3 is 2.45 bits per heavy atom. The zero-order valence-electron chi connectivity index (χ0n) is 16.3. The maximum atomic E-state index is 11.2. The molecule has 1 heterocycles. The van der Waals surface area contributed by atoms with Crippen molar-refractivity contribution >= 4 is 44.8 Å². The number of aryl methyl sites for hydroxylation is 1. The lowest BCUT2D eigenvalue weighted by Gasteiger charge is -2.09. The molecule has 156 valence electrons. The molecule has 0 N–H and O–H groups in total. The summed E-state index contributed by atoms with van der Waals surface area (Å²) in [6.07, 6.45) is 2.47. The zero-order chi connectivity index (χ0) is 22.1. The lowest BCUT2D eigenvalue weighted by atomic mass is 10.1. The molecule has 4 rings (SSSR count). The average Bonchev–Trinajstić information content (AvgIpc) is 3.12. The number of benzene rings is 3. The molecule has 0 unspecified atom stereocenters. The van der Waals surface area contributed by atoms with Gasteiger partial charge in [0.2, 0.25) is 0 Å². The number of rotatable bonds is 5. The molecule has 0 aliphatic rings. The molecule has 0 fully saturated rings. The molecule has 8 heteroatoms. The fraction of sp³-hybridized carbons (Fsp3) is 0.0870. The molecule has 5 nitrogen and oxygen atoms in total. The van der Waals surface area contributed by atoms with Crippen LogP contribution in [0, 0.1) is 17.0 Å². The minimum absolute atomic E-state index is 0.0827. The molecule has 0 amide bonds. The lowest BCUT2D eigenvalue weighted by molar-refractivity contribution is -0.385. The third-order valence-corrected chi connectivity index (χ3v) is 5.99. The Labute approximate surface area is 197 Å². The number of halogens is 3. The van der Waals surface area contributed by atoms with Crippen molar-refractivity contribution in [2.75, 3.05) is 0 Å². The number of imidazole rings is 1. The van der Waals surface area contributed by atoms with Crippen LogP contribution in [0.15, 0.2) is 71.3 Å². The first-order chi connectivity index (χ1) is 14.8. The van der Waals surface area contributed by atoms with E-state index in [4.69, 9.17) is 28.2 Å². The molecule has 0 saturated carbocycles. The monoisotopic (exact) mass is 515 g/mol. The Hall–Kier alpha value is -2.67. The minimum Gasteiger partial charge on any atom is -0.303 e. The lowest BCUT2D eigenvalue weighted by Crippen LogP contribution is -2.02. The van der Waals surface area contributed by atoms with Crippen molar-refractivity contribution in [3.63, 3.8) is 0 Å². The first-order valence-electron chi connectivity index (χ1n) is 9.35. The molecule has 31 heavy (non-hydrogen) atoms. The quantitative estimate of drug-likeness (QED) is 0.205. The van der Waals surface area contributed by atoms with Gasteiger partial charge in [-0.25, -0.2) is 4.98 Å². The highest BCUT2D eigenvalue weighted by Crippen LogP contribution is 2.32. The van der Waals surface area contributed by atoms with Gasteiger partial charge in [0, 0.05) is 45.0 Å². The van der Waals surface area contributed by atoms with Crippen molar-refractivity contribution in [1.82, 2.24) is 9.55 Å². The van der Waals surface area contributed by atoms with E-state index in [1.807, 2.05) is 41.1 Å². The highest BCUT2D eigenvalue weighted by atomic mass is 79.9. The van der Waals surface area contributed by atoms with Crippen LogP contribution in [0.1, 0.15) is 17.0 Å². The maximum absolute atomic E-state index is 11.2. The van der Waals surface area contributed by atoms with Gasteiger partial charge in [-0.3, -0.25) is 10.1 Å². The second kappa shape index (κ2) is 8.83. The van der Waals surface area contributed by atoms with E-state index in [2.05, 4.69) is 15.9 Å². The van der Waals surface area contributed by atoms with Gasteiger partial charge in [-0.2, -0.15) is 0 Å². The van der Waals surface area contributed by atoms with E-state index in [1.165, 1.54) is 6.07 Å². The second-order valence-electron chi connectivity index (χ2n) is 7.07. The Morgan fingerprint density at radius 1 is 1.06 bits per heavy atom. The number of hydrogen-bond donors (Lipinski definition) is 0. The van der Waals surface area contributed by atoms with Crippen LogP contribution in [-0.2, 0) is 6.42 Å². The van der Waals surface area contributed by atoms with Gasteiger partial charge in [0.05, 0.1) is 15.6 Å². The predicted octanol–water partition coefficient (Wildman–Crippen LogP) is 7.42. The molecular formula is C23H16BrCl2N3O2. The molecule has 0 bridgehead atoms. The molecule has 1 aromatic heterocycles. The van der Waals surface area contributed by atoms with Gasteiger partial charge in [0.1, 0.15) is 5.82 Å². The molecule has 4 aromatic rings. The summed E-state index contributed by atoms with van der Waals surface area (Å²) < 4.78 is 2.94. The predicted molar refractivity (Wildman–Crippen MR) is 127 cm³/mol. The first-order valence-corrected chi connectivity index (χ1v) is 10.9. The number of nitro benzene ring substituents is 1. The van der Waals surface area contributed by atoms with Gasteiger partial charge >= 0.3 is 0 Å². The molecule has 0 spiro atoms. The Balaban J connectivity index is 1.83. The third-order valence-electron chi connectivity index (χ3n) is 4.92. The van der Waals surface area contributed by atoms with Crippen molar-refractivity contribution in [1.29, 1.82) is 0 Å². The van der Waals surface area contributed by atoms with E-state index < -0.39 is 0 Å². The van der Waals surface area contributed by atoms with Gasteiger partial charge in [-0.05, 0) is 55.0 Å². The van der Waals surface area contributed by atoms with Crippen LogP contribution in [0.5, 0.6) is 0 Å². The molecular weight excluding hydrogens is 501 g/mol. The van der Waals surface area contributed by atoms with E-state index in [0.29, 0.717) is 27.7 Å². The standard InChI is InChI=1S/C23H16BrCl2N3O2/c1-14-10-18(7-9-22(14)29(30)31)28-13-21(19-8-6-17(25)12-20(19)26)27-23(28)11-15-2-4-16(24)5-3-15/h2-10,12-13H,11H2,1H3. The highest BCUT2D eigenvalue weighted by molar-refractivity contribution is 9.10. The normalized spacial score (nSPS) is 11.0. The fourth-order valence-corrected chi connectivity index (χ4v) is 4.14. The summed E-state index contributed by atoms with van der Waals surface area (Å²) in [5.41, 5.74) is 4.00. The largest absolute Gasteiger partial charge is 0.303 e. The summed E-state index contributed by atoms with van der Waals surface area (Å²) in [6.45, 7) is 1.73. The molecule has 0 aliphatic carbocycles. The van der Waals surface area contributed by atoms with E-state index in [1.54, 1.807) is 31.2 Å². The Kier molecular flexibility index (Phi) is 6.14. The summed E-state index contributed by atoms with van der Waals surface area (Å²) in [5.74, 6) is 0.789. The Morgan fingerprint density at radius 2 is 1.81 bits per heavy atom. The first kappa shape index (κ1) is 21.6. The van der Waals surface area contributed by atoms with Crippen LogP contribution in [0.25, 0.3) is 16.9 Å². The van der Waals surface area contributed by atoms with Crippen molar-refractivity contribution in [2.24, 2.45) is 0 Å². The van der Waals surface area contributed by atoms with Crippen molar-refractivity contribution < 1.29 is 4.92 Å². The van der Waals surface area contributed by atoms with E-state index >= 15 is 0 Å². The topological polar surface area (TPSA) is 61.0 Å². The number of nitro groups is 1. The summed E-state index contributed by atoms with van der Waals surface area (Å²) in [7, 11) is 0. The SMILES string of the molecule is Cc1cc(-n2cc(-c3ccc(Cl)cc3Cl)nc2Cc2ccc(Br)cc2)ccc1[N+](=O)[O-]. The van der Waals surface area contributed by atoms with Crippen molar-refractivity contribution in [3.05, 3.63) is 108 Å². The van der Waals surface area contributed by atoms with Crippen molar-refractivity contribution in [2.45, 2.75) is 13.3 Å². The van der Waals surface area contributed by atoms with Gasteiger partial charge in [0.25, 0.3) is 5.69 Å². The molecule has 3 aromatic carbocycles. The van der Waals surface area contributed by atoms with Crippen LogP contribution in [0.3, 0.4) is 0 Å². The van der Waals surface area contributed by atoms with Gasteiger partial charge in [-0.1, -0.05) is 51.3 Å². The van der Waals surface area contributed by atoms with Crippen LogP contribution < -0.4 is 0 Å². The molecule has 0 atom stereocenters. The third kappa shape index (κ3) is 4.66. The van der Waals surface area contributed by atoms with Crippen LogP contribution in [-0.4, -0.2) is 14.5 Å². The number of hydrogen-bond acceptors (Lipinski definition) is 3. The second-order valence-corrected chi connectivity index (χ2v) is 8.83. The van der Waals surface area contributed by atoms with E-state index in [-0.39, 0.29) is 10.6 Å². The minimum atomic E-state index is -0.380. The molecule has 0 aliphatic heterocycles. The number of nitrogens with zero attached hydrogens (tertiary/aromatic N) is 3. The summed E-state index contributed by atoms with van der Waals surface area (Å²) in [5, 5.41) is 12.3. The summed E-state index contributed by atoms with van der Waals surface area (Å²) >= 11 is 15.9.